The molecule has 0 saturated heterocycles. The molecule has 0 aliphatic heterocycles. The van der Waals surface area contributed by atoms with Crippen LogP contribution in [0.2, 0.25) is 0 Å². The van der Waals surface area contributed by atoms with Crippen molar-refractivity contribution in [2.45, 2.75) is 51.7 Å². The van der Waals surface area contributed by atoms with E-state index in [9.17, 15) is 9.59 Å². The number of thiophene rings is 1. The molecular formula is C14H18BrNO3S. The average Bonchev–Trinajstić information content (AvgIpc) is 2.63. The average molecular weight is 360 g/mol. The summed E-state index contributed by atoms with van der Waals surface area (Å²) in [6.07, 6.45) is 2.91. The second kappa shape index (κ2) is 5.85. The first-order valence-electron chi connectivity index (χ1n) is 6.55. The molecule has 1 aliphatic carbocycles. The van der Waals surface area contributed by atoms with Crippen LogP contribution in [0.15, 0.2) is 3.79 Å². The van der Waals surface area contributed by atoms with Crippen LogP contribution in [0.5, 0.6) is 0 Å². The van der Waals surface area contributed by atoms with E-state index in [-0.39, 0.29) is 12.1 Å². The Morgan fingerprint density at radius 2 is 2.15 bits per heavy atom. The predicted molar refractivity (Wildman–Crippen MR) is 82.6 cm³/mol. The van der Waals surface area contributed by atoms with E-state index in [1.807, 2.05) is 20.8 Å². The minimum absolute atomic E-state index is 0.0581. The molecule has 1 unspecified atom stereocenters. The molecule has 1 aromatic heterocycles. The number of carbonyl (C=O) groups excluding carboxylic acids is 2. The third kappa shape index (κ3) is 3.61. The highest BCUT2D eigenvalue weighted by Crippen LogP contribution is 2.37. The Kier molecular flexibility index (Phi) is 4.54. The highest BCUT2D eigenvalue weighted by molar-refractivity contribution is 9.11. The van der Waals surface area contributed by atoms with E-state index in [4.69, 9.17) is 4.74 Å². The molecule has 1 heterocycles. The van der Waals surface area contributed by atoms with E-state index in [2.05, 4.69) is 21.2 Å². The number of halogens is 1. The number of rotatable bonds is 2. The molecule has 1 atom stereocenters. The summed E-state index contributed by atoms with van der Waals surface area (Å²) in [5, 5.41) is 2.91. The molecule has 0 spiro atoms. The van der Waals surface area contributed by atoms with Gasteiger partial charge in [0.2, 0.25) is 0 Å². The first-order valence-corrected chi connectivity index (χ1v) is 8.16. The number of aldehydes is 1. The number of alkyl carbamates (subject to hydrolysis) is 1. The lowest BCUT2D eigenvalue weighted by molar-refractivity contribution is 0.0500. The quantitative estimate of drug-likeness (QED) is 0.818. The van der Waals surface area contributed by atoms with Crippen molar-refractivity contribution in [3.8, 4) is 0 Å². The fraction of sp³-hybridized carbons (Fsp3) is 0.571. The zero-order valence-electron chi connectivity index (χ0n) is 11.8. The highest BCUT2D eigenvalue weighted by atomic mass is 79.9. The molecule has 1 amide bonds. The minimum Gasteiger partial charge on any atom is -0.444 e. The lowest BCUT2D eigenvalue weighted by atomic mass is 9.90. The summed E-state index contributed by atoms with van der Waals surface area (Å²) in [5.74, 6) is 0. The molecule has 0 fully saturated rings. The third-order valence-electron chi connectivity index (χ3n) is 3.12. The molecule has 4 nitrogen and oxygen atoms in total. The van der Waals surface area contributed by atoms with Crippen LogP contribution >= 0.6 is 27.3 Å². The van der Waals surface area contributed by atoms with Crippen molar-refractivity contribution in [3.05, 3.63) is 19.8 Å². The number of nitrogens with one attached hydrogen (secondary N) is 1. The van der Waals surface area contributed by atoms with Gasteiger partial charge < -0.3 is 10.1 Å². The van der Waals surface area contributed by atoms with Crippen LogP contribution in [-0.2, 0) is 17.6 Å². The second-order valence-corrected chi connectivity index (χ2v) is 8.27. The normalized spacial score (nSPS) is 18.3. The van der Waals surface area contributed by atoms with Crippen molar-refractivity contribution in [1.82, 2.24) is 5.32 Å². The first kappa shape index (κ1) is 15.5. The maximum atomic E-state index is 11.8. The Hall–Kier alpha value is -0.880. The number of ether oxygens (including phenoxy) is 1. The van der Waals surface area contributed by atoms with Gasteiger partial charge in [0.05, 0.1) is 8.66 Å². The van der Waals surface area contributed by atoms with E-state index in [1.54, 1.807) is 0 Å². The molecule has 0 aromatic carbocycles. The van der Waals surface area contributed by atoms with Gasteiger partial charge in [-0.2, -0.15) is 0 Å². The van der Waals surface area contributed by atoms with Gasteiger partial charge in [-0.25, -0.2) is 4.79 Å². The van der Waals surface area contributed by atoms with Crippen molar-refractivity contribution in [1.29, 1.82) is 0 Å². The fourth-order valence-corrected chi connectivity index (χ4v) is 4.17. The van der Waals surface area contributed by atoms with Crippen molar-refractivity contribution in [2.24, 2.45) is 0 Å². The summed E-state index contributed by atoms with van der Waals surface area (Å²) in [6.45, 7) is 5.53. The molecule has 1 aromatic rings. The van der Waals surface area contributed by atoms with E-state index < -0.39 is 5.60 Å². The lowest BCUT2D eigenvalue weighted by Gasteiger charge is -2.26. The summed E-state index contributed by atoms with van der Waals surface area (Å²) in [7, 11) is 0. The lowest BCUT2D eigenvalue weighted by Crippen LogP contribution is -2.41. The van der Waals surface area contributed by atoms with Gasteiger partial charge in [0.15, 0.2) is 6.29 Å². The van der Waals surface area contributed by atoms with Gasteiger partial charge in [0, 0.05) is 6.04 Å². The Labute approximate surface area is 131 Å². The topological polar surface area (TPSA) is 55.4 Å². The molecule has 110 valence electrons. The van der Waals surface area contributed by atoms with Crippen molar-refractivity contribution in [2.75, 3.05) is 0 Å². The standard InChI is InChI=1S/C14H18BrNO3S/c1-14(2,3)19-13(18)16-8-4-5-9-10(6-8)12(15)20-11(9)7-17/h7-8H,4-6H2,1-3H3,(H,16,18). The predicted octanol–water partition coefficient (Wildman–Crippen LogP) is 3.71. The minimum atomic E-state index is -0.489. The first-order chi connectivity index (χ1) is 9.30. The number of hydrogen-bond donors (Lipinski definition) is 1. The number of carbonyl (C=O) groups is 2. The number of amides is 1. The molecule has 20 heavy (non-hydrogen) atoms. The van der Waals surface area contributed by atoms with Crippen LogP contribution < -0.4 is 5.32 Å². The van der Waals surface area contributed by atoms with Crippen molar-refractivity contribution in [3.63, 3.8) is 0 Å². The van der Waals surface area contributed by atoms with E-state index in [0.717, 1.165) is 45.3 Å². The summed E-state index contributed by atoms with van der Waals surface area (Å²) < 4.78 is 6.26. The molecule has 0 bridgehead atoms. The van der Waals surface area contributed by atoms with E-state index in [0.29, 0.717) is 0 Å². The van der Waals surface area contributed by atoms with Gasteiger partial charge in [-0.05, 0) is 67.1 Å². The second-order valence-electron chi connectivity index (χ2n) is 5.90. The van der Waals surface area contributed by atoms with Gasteiger partial charge >= 0.3 is 6.09 Å². The van der Waals surface area contributed by atoms with Crippen molar-refractivity contribution < 1.29 is 14.3 Å². The zero-order chi connectivity index (χ0) is 14.9. The molecular weight excluding hydrogens is 342 g/mol. The zero-order valence-corrected chi connectivity index (χ0v) is 14.2. The highest BCUT2D eigenvalue weighted by Gasteiger charge is 2.27. The van der Waals surface area contributed by atoms with Crippen LogP contribution in [0.25, 0.3) is 0 Å². The van der Waals surface area contributed by atoms with Gasteiger partial charge in [0.1, 0.15) is 5.60 Å². The molecule has 1 N–H and O–H groups in total. The Bertz CT molecular complexity index is 533. The summed E-state index contributed by atoms with van der Waals surface area (Å²) in [6, 6.07) is 0.0581. The van der Waals surface area contributed by atoms with Gasteiger partial charge in [-0.15, -0.1) is 11.3 Å². The summed E-state index contributed by atoms with van der Waals surface area (Å²) >= 11 is 4.97. The molecule has 0 radical (unpaired) electrons. The van der Waals surface area contributed by atoms with E-state index in [1.165, 1.54) is 11.3 Å². The number of hydrogen-bond acceptors (Lipinski definition) is 4. The maximum Gasteiger partial charge on any atom is 0.407 e. The van der Waals surface area contributed by atoms with Crippen molar-refractivity contribution >= 4 is 39.6 Å². The third-order valence-corrected chi connectivity index (χ3v) is 5.07. The SMILES string of the molecule is CC(C)(C)OC(=O)NC1CCc2c(C=O)sc(Br)c2C1. The van der Waals surface area contributed by atoms with E-state index >= 15 is 0 Å². The molecule has 6 heteroatoms. The maximum absolute atomic E-state index is 11.8. The Balaban J connectivity index is 2.03. The monoisotopic (exact) mass is 359 g/mol. The fourth-order valence-electron chi connectivity index (χ4n) is 2.32. The summed E-state index contributed by atoms with van der Waals surface area (Å²) in [4.78, 5) is 23.6. The van der Waals surface area contributed by atoms with Crippen LogP contribution in [0.1, 0.15) is 48.0 Å². The van der Waals surface area contributed by atoms with Crippen LogP contribution in [0.3, 0.4) is 0 Å². The van der Waals surface area contributed by atoms with Crippen LogP contribution in [-0.4, -0.2) is 24.0 Å². The summed E-state index contributed by atoms with van der Waals surface area (Å²) in [5.41, 5.74) is 1.78. The Morgan fingerprint density at radius 3 is 2.75 bits per heavy atom. The number of fused-ring (bicyclic) bond motifs is 1. The van der Waals surface area contributed by atoms with Gasteiger partial charge in [0.25, 0.3) is 0 Å². The molecule has 2 rings (SSSR count). The molecule has 0 saturated carbocycles. The Morgan fingerprint density at radius 1 is 1.45 bits per heavy atom. The molecule has 1 aliphatic rings. The van der Waals surface area contributed by atoms with Gasteiger partial charge in [-0.1, -0.05) is 0 Å². The van der Waals surface area contributed by atoms with Crippen LogP contribution in [0, 0.1) is 0 Å². The van der Waals surface area contributed by atoms with Crippen LogP contribution in [0.4, 0.5) is 4.79 Å². The smallest absolute Gasteiger partial charge is 0.407 e. The van der Waals surface area contributed by atoms with Gasteiger partial charge in [-0.3, -0.25) is 4.79 Å². The largest absolute Gasteiger partial charge is 0.444 e.